The van der Waals surface area contributed by atoms with Gasteiger partial charge < -0.3 is 5.32 Å². The maximum absolute atomic E-state index is 3.49. The average Bonchev–Trinajstić information content (AvgIpc) is 2.16. The normalized spacial score (nSPS) is 10.6. The Morgan fingerprint density at radius 3 is 2.38 bits per heavy atom. The molecule has 13 heavy (non-hydrogen) atoms. The van der Waals surface area contributed by atoms with Gasteiger partial charge in [0.1, 0.15) is 0 Å². The Balaban J connectivity index is 2.76. The lowest BCUT2D eigenvalue weighted by Gasteiger charge is -2.03. The lowest BCUT2D eigenvalue weighted by Crippen LogP contribution is -2.17. The van der Waals surface area contributed by atoms with Gasteiger partial charge in [0.15, 0.2) is 0 Å². The van der Waals surface area contributed by atoms with E-state index in [0.29, 0.717) is 0 Å². The highest BCUT2D eigenvalue weighted by Crippen LogP contribution is 2.00. The molecule has 2 heteroatoms. The summed E-state index contributed by atoms with van der Waals surface area (Å²) in [6.07, 6.45) is 6.81. The van der Waals surface area contributed by atoms with Crippen LogP contribution in [0.1, 0.15) is 46.0 Å². The third-order valence-electron chi connectivity index (χ3n) is 2.05. The number of rotatable bonds is 10. The Hall–Kier alpha value is 0.310. The van der Waals surface area contributed by atoms with Crippen molar-refractivity contribution in [3.8, 4) is 0 Å². The molecule has 0 aliphatic carbocycles. The highest BCUT2D eigenvalue weighted by atomic mass is 32.2. The molecule has 0 saturated heterocycles. The first-order valence-corrected chi connectivity index (χ1v) is 6.85. The van der Waals surface area contributed by atoms with Crippen molar-refractivity contribution in [1.29, 1.82) is 0 Å². The fourth-order valence-corrected chi connectivity index (χ4v) is 1.88. The monoisotopic (exact) mass is 203 g/mol. The van der Waals surface area contributed by atoms with Gasteiger partial charge in [-0.25, -0.2) is 0 Å². The molecule has 0 bridgehead atoms. The Bertz CT molecular complexity index is 76.2. The zero-order valence-corrected chi connectivity index (χ0v) is 10.1. The standard InChI is InChI=1S/C11H25NS/c1-3-5-6-7-9-12-10-8-11-13-4-2/h12H,3-11H2,1-2H3. The van der Waals surface area contributed by atoms with E-state index in [9.17, 15) is 0 Å². The minimum Gasteiger partial charge on any atom is -0.317 e. The lowest BCUT2D eigenvalue weighted by atomic mass is 10.2. The van der Waals surface area contributed by atoms with Crippen molar-refractivity contribution in [2.75, 3.05) is 24.6 Å². The minimum absolute atomic E-state index is 1.21. The molecule has 80 valence electrons. The van der Waals surface area contributed by atoms with Gasteiger partial charge in [-0.15, -0.1) is 0 Å². The SMILES string of the molecule is CCCCCCNCCCSCC. The first kappa shape index (κ1) is 13.3. The van der Waals surface area contributed by atoms with Gasteiger partial charge in [-0.1, -0.05) is 33.1 Å². The van der Waals surface area contributed by atoms with E-state index in [4.69, 9.17) is 0 Å². The van der Waals surface area contributed by atoms with Crippen LogP contribution in [0.3, 0.4) is 0 Å². The summed E-state index contributed by atoms with van der Waals surface area (Å²) in [7, 11) is 0. The van der Waals surface area contributed by atoms with E-state index in [0.717, 1.165) is 0 Å². The maximum Gasteiger partial charge on any atom is -0.00411 e. The van der Waals surface area contributed by atoms with E-state index in [1.165, 1.54) is 56.7 Å². The van der Waals surface area contributed by atoms with Crippen LogP contribution in [0.4, 0.5) is 0 Å². The number of hydrogen-bond donors (Lipinski definition) is 1. The van der Waals surface area contributed by atoms with Crippen molar-refractivity contribution >= 4 is 11.8 Å². The van der Waals surface area contributed by atoms with Gasteiger partial charge in [0.05, 0.1) is 0 Å². The summed E-state index contributed by atoms with van der Waals surface area (Å²) in [5.74, 6) is 2.58. The summed E-state index contributed by atoms with van der Waals surface area (Å²) in [6, 6.07) is 0. The van der Waals surface area contributed by atoms with E-state index in [-0.39, 0.29) is 0 Å². The molecule has 0 aromatic rings. The van der Waals surface area contributed by atoms with Crippen molar-refractivity contribution in [2.24, 2.45) is 0 Å². The summed E-state index contributed by atoms with van der Waals surface area (Å²) >= 11 is 2.04. The topological polar surface area (TPSA) is 12.0 Å². The number of hydrogen-bond acceptors (Lipinski definition) is 2. The van der Waals surface area contributed by atoms with Crippen LogP contribution in [-0.2, 0) is 0 Å². The molecule has 0 rings (SSSR count). The molecule has 1 N–H and O–H groups in total. The third-order valence-corrected chi connectivity index (χ3v) is 3.04. The summed E-state index contributed by atoms with van der Waals surface area (Å²) in [4.78, 5) is 0. The molecule has 0 radical (unpaired) electrons. The molecular weight excluding hydrogens is 178 g/mol. The fraction of sp³-hybridized carbons (Fsp3) is 1.00. The molecule has 0 fully saturated rings. The van der Waals surface area contributed by atoms with E-state index >= 15 is 0 Å². The molecule has 0 atom stereocenters. The van der Waals surface area contributed by atoms with Crippen LogP contribution < -0.4 is 5.32 Å². The van der Waals surface area contributed by atoms with Crippen molar-refractivity contribution in [2.45, 2.75) is 46.0 Å². The third kappa shape index (κ3) is 12.3. The largest absolute Gasteiger partial charge is 0.317 e. The van der Waals surface area contributed by atoms with Crippen molar-refractivity contribution in [3.63, 3.8) is 0 Å². The van der Waals surface area contributed by atoms with Gasteiger partial charge in [0, 0.05) is 0 Å². The predicted octanol–water partition coefficient (Wildman–Crippen LogP) is 3.30. The molecule has 0 saturated carbocycles. The molecule has 0 unspecified atom stereocenters. The van der Waals surface area contributed by atoms with Gasteiger partial charge in [-0.2, -0.15) is 11.8 Å². The number of nitrogens with one attached hydrogen (secondary N) is 1. The Kier molecular flexibility index (Phi) is 12.6. The highest BCUT2D eigenvalue weighted by molar-refractivity contribution is 7.99. The summed E-state index contributed by atoms with van der Waals surface area (Å²) in [5, 5.41) is 3.49. The van der Waals surface area contributed by atoms with E-state index in [1.54, 1.807) is 0 Å². The number of unbranched alkanes of at least 4 members (excludes halogenated alkanes) is 3. The average molecular weight is 203 g/mol. The second-order valence-electron chi connectivity index (χ2n) is 3.36. The molecule has 0 aromatic heterocycles. The van der Waals surface area contributed by atoms with Gasteiger partial charge in [0.2, 0.25) is 0 Å². The van der Waals surface area contributed by atoms with Crippen LogP contribution in [0.2, 0.25) is 0 Å². The molecule has 0 amide bonds. The molecular formula is C11H25NS. The van der Waals surface area contributed by atoms with Crippen molar-refractivity contribution in [1.82, 2.24) is 5.32 Å². The molecule has 0 heterocycles. The zero-order chi connectivity index (χ0) is 9.78. The lowest BCUT2D eigenvalue weighted by molar-refractivity contribution is 0.596. The second kappa shape index (κ2) is 12.3. The first-order valence-electron chi connectivity index (χ1n) is 5.70. The van der Waals surface area contributed by atoms with Crippen LogP contribution in [-0.4, -0.2) is 24.6 Å². The van der Waals surface area contributed by atoms with Crippen molar-refractivity contribution < 1.29 is 0 Å². The van der Waals surface area contributed by atoms with Crippen LogP contribution in [0.15, 0.2) is 0 Å². The Morgan fingerprint density at radius 1 is 0.923 bits per heavy atom. The van der Waals surface area contributed by atoms with E-state index in [2.05, 4.69) is 19.2 Å². The van der Waals surface area contributed by atoms with E-state index in [1.807, 2.05) is 11.8 Å². The second-order valence-corrected chi connectivity index (χ2v) is 4.75. The van der Waals surface area contributed by atoms with Gasteiger partial charge in [-0.05, 0) is 37.4 Å². The number of thioether (sulfide) groups is 1. The Labute approximate surface area is 88.1 Å². The van der Waals surface area contributed by atoms with Gasteiger partial charge in [-0.3, -0.25) is 0 Å². The van der Waals surface area contributed by atoms with Gasteiger partial charge >= 0.3 is 0 Å². The summed E-state index contributed by atoms with van der Waals surface area (Å²) in [5.41, 5.74) is 0. The van der Waals surface area contributed by atoms with Gasteiger partial charge in [0.25, 0.3) is 0 Å². The van der Waals surface area contributed by atoms with Crippen LogP contribution in [0.5, 0.6) is 0 Å². The van der Waals surface area contributed by atoms with Crippen LogP contribution in [0, 0.1) is 0 Å². The fourth-order valence-electron chi connectivity index (χ4n) is 1.25. The van der Waals surface area contributed by atoms with E-state index < -0.39 is 0 Å². The Morgan fingerprint density at radius 2 is 1.69 bits per heavy atom. The summed E-state index contributed by atoms with van der Waals surface area (Å²) < 4.78 is 0. The first-order chi connectivity index (χ1) is 6.41. The van der Waals surface area contributed by atoms with Crippen LogP contribution >= 0.6 is 11.8 Å². The molecule has 0 aromatic carbocycles. The molecule has 0 aliphatic rings. The molecule has 0 spiro atoms. The maximum atomic E-state index is 3.49. The minimum atomic E-state index is 1.21. The summed E-state index contributed by atoms with van der Waals surface area (Å²) in [6.45, 7) is 6.91. The molecule has 0 aliphatic heterocycles. The highest BCUT2D eigenvalue weighted by Gasteiger charge is 1.89. The van der Waals surface area contributed by atoms with Crippen LogP contribution in [0.25, 0.3) is 0 Å². The predicted molar refractivity (Wildman–Crippen MR) is 64.6 cm³/mol. The quantitative estimate of drug-likeness (QED) is 0.547. The van der Waals surface area contributed by atoms with Crippen molar-refractivity contribution in [3.05, 3.63) is 0 Å². The zero-order valence-electron chi connectivity index (χ0n) is 9.27. The molecule has 1 nitrogen and oxygen atoms in total. The smallest absolute Gasteiger partial charge is 0.00411 e.